The van der Waals surface area contributed by atoms with E-state index in [4.69, 9.17) is 8.94 Å². The van der Waals surface area contributed by atoms with Gasteiger partial charge in [-0.1, -0.05) is 5.16 Å². The van der Waals surface area contributed by atoms with E-state index in [9.17, 15) is 0 Å². The molecule has 0 saturated heterocycles. The predicted molar refractivity (Wildman–Crippen MR) is 65.9 cm³/mol. The van der Waals surface area contributed by atoms with Crippen LogP contribution in [0.1, 0.15) is 17.5 Å². The molecule has 5 nitrogen and oxygen atoms in total. The van der Waals surface area contributed by atoms with E-state index in [1.165, 1.54) is 0 Å². The fourth-order valence-corrected chi connectivity index (χ4v) is 1.76. The summed E-state index contributed by atoms with van der Waals surface area (Å²) in [7, 11) is 0. The van der Waals surface area contributed by atoms with Crippen molar-refractivity contribution in [3.05, 3.63) is 33.4 Å². The van der Waals surface area contributed by atoms with Crippen molar-refractivity contribution in [1.82, 2.24) is 15.5 Å². The highest BCUT2D eigenvalue weighted by Gasteiger charge is 2.02. The Balaban J connectivity index is 1.69. The van der Waals surface area contributed by atoms with E-state index in [0.29, 0.717) is 5.89 Å². The molecule has 6 heteroatoms. The molecule has 0 saturated carbocycles. The second kappa shape index (κ2) is 5.44. The first kappa shape index (κ1) is 11.6. The number of nitrogens with one attached hydrogen (secondary N) is 1. The van der Waals surface area contributed by atoms with Gasteiger partial charge in [-0.25, -0.2) is 0 Å². The molecule has 2 aromatic heterocycles. The van der Waals surface area contributed by atoms with Gasteiger partial charge in [-0.05, 0) is 34.7 Å². The number of nitrogens with zero attached hydrogens (tertiary/aromatic N) is 2. The fourth-order valence-electron chi connectivity index (χ4n) is 1.30. The maximum Gasteiger partial charge on any atom is 0.223 e. The first-order chi connectivity index (χ1) is 7.74. The zero-order chi connectivity index (χ0) is 11.4. The molecule has 0 atom stereocenters. The van der Waals surface area contributed by atoms with Gasteiger partial charge < -0.3 is 14.3 Å². The zero-order valence-electron chi connectivity index (χ0n) is 8.86. The molecule has 2 heterocycles. The Hall–Kier alpha value is -0.890. The molecule has 1 N–H and O–H groups in total. The second-order valence-corrected chi connectivity index (χ2v) is 4.43. The monoisotopic (exact) mass is 333 g/mol. The van der Waals surface area contributed by atoms with Crippen LogP contribution < -0.4 is 5.32 Å². The molecule has 0 unspecified atom stereocenters. The summed E-state index contributed by atoms with van der Waals surface area (Å²) < 4.78 is 11.2. The van der Waals surface area contributed by atoms with Crippen LogP contribution in [0.5, 0.6) is 0 Å². The van der Waals surface area contributed by atoms with Crippen LogP contribution in [0.4, 0.5) is 0 Å². The molecule has 0 radical (unpaired) electrons. The van der Waals surface area contributed by atoms with Crippen LogP contribution >= 0.6 is 22.6 Å². The minimum atomic E-state index is 0.607. The number of rotatable bonds is 5. The third-order valence-electron chi connectivity index (χ3n) is 2.02. The fraction of sp³-hybridized carbons (Fsp3) is 0.400. The van der Waals surface area contributed by atoms with Crippen molar-refractivity contribution < 1.29 is 8.94 Å². The van der Waals surface area contributed by atoms with Crippen molar-refractivity contribution in [2.24, 2.45) is 0 Å². The molecule has 0 aliphatic rings. The Labute approximate surface area is 107 Å². The maximum atomic E-state index is 5.41. The van der Waals surface area contributed by atoms with Crippen molar-refractivity contribution in [2.75, 3.05) is 6.54 Å². The summed E-state index contributed by atoms with van der Waals surface area (Å²) >= 11 is 2.15. The van der Waals surface area contributed by atoms with Gasteiger partial charge in [0.1, 0.15) is 5.76 Å². The number of furan rings is 1. The Kier molecular flexibility index (Phi) is 3.94. The summed E-state index contributed by atoms with van der Waals surface area (Å²) in [5.41, 5.74) is 0. The van der Waals surface area contributed by atoms with E-state index >= 15 is 0 Å². The molecule has 86 valence electrons. The van der Waals surface area contributed by atoms with Crippen LogP contribution in [0, 0.1) is 10.7 Å². The summed E-state index contributed by atoms with van der Waals surface area (Å²) in [4.78, 5) is 4.12. The average Bonchev–Trinajstić information content (AvgIpc) is 2.83. The van der Waals surface area contributed by atoms with Crippen LogP contribution in [0.3, 0.4) is 0 Å². The largest absolute Gasteiger partial charge is 0.454 e. The highest BCUT2D eigenvalue weighted by Crippen LogP contribution is 2.09. The summed E-state index contributed by atoms with van der Waals surface area (Å²) in [6.45, 7) is 3.31. The van der Waals surface area contributed by atoms with Crippen LogP contribution in [0.25, 0.3) is 0 Å². The lowest BCUT2D eigenvalue weighted by Crippen LogP contribution is -2.16. The Morgan fingerprint density at radius 3 is 2.94 bits per heavy atom. The van der Waals surface area contributed by atoms with Gasteiger partial charge in [0.2, 0.25) is 5.89 Å². The van der Waals surface area contributed by atoms with E-state index in [-0.39, 0.29) is 0 Å². The number of aryl methyl sites for hydroxylation is 1. The van der Waals surface area contributed by atoms with Crippen molar-refractivity contribution in [3.8, 4) is 0 Å². The van der Waals surface area contributed by atoms with Crippen molar-refractivity contribution >= 4 is 22.6 Å². The summed E-state index contributed by atoms with van der Waals surface area (Å²) in [5, 5.41) is 7.07. The number of hydrogen-bond acceptors (Lipinski definition) is 5. The Morgan fingerprint density at radius 2 is 2.31 bits per heavy atom. The summed E-state index contributed by atoms with van der Waals surface area (Å²) in [5.74, 6) is 2.28. The Bertz CT molecular complexity index is 410. The number of hydrogen-bond donors (Lipinski definition) is 1. The standard InChI is InChI=1S/C10H12IN3O2/c1-7-13-10(14-16-7)4-5-12-6-8-2-3-9(11)15-8/h2-3,12H,4-6H2,1H3. The van der Waals surface area contributed by atoms with Crippen LogP contribution in [0.2, 0.25) is 0 Å². The number of halogens is 1. The van der Waals surface area contributed by atoms with E-state index in [0.717, 1.165) is 34.9 Å². The topological polar surface area (TPSA) is 64.1 Å². The van der Waals surface area contributed by atoms with Gasteiger partial charge in [0.05, 0.1) is 6.54 Å². The minimum Gasteiger partial charge on any atom is -0.454 e. The average molecular weight is 333 g/mol. The summed E-state index contributed by atoms with van der Waals surface area (Å²) in [6, 6.07) is 3.91. The lowest BCUT2D eigenvalue weighted by atomic mass is 10.4. The lowest BCUT2D eigenvalue weighted by molar-refractivity contribution is 0.386. The molecule has 0 spiro atoms. The quantitative estimate of drug-likeness (QED) is 0.669. The van der Waals surface area contributed by atoms with Gasteiger partial charge in [-0.2, -0.15) is 4.98 Å². The third kappa shape index (κ3) is 3.31. The SMILES string of the molecule is Cc1nc(CCNCc2ccc(I)o2)no1. The van der Waals surface area contributed by atoms with Crippen LogP contribution in [-0.4, -0.2) is 16.7 Å². The highest BCUT2D eigenvalue weighted by molar-refractivity contribution is 14.1. The van der Waals surface area contributed by atoms with Crippen LogP contribution in [0.15, 0.2) is 21.1 Å². The smallest absolute Gasteiger partial charge is 0.223 e. The van der Waals surface area contributed by atoms with Gasteiger partial charge in [0.15, 0.2) is 9.59 Å². The lowest BCUT2D eigenvalue weighted by Gasteiger charge is -1.99. The van der Waals surface area contributed by atoms with E-state index in [1.54, 1.807) is 6.92 Å². The molecular weight excluding hydrogens is 321 g/mol. The summed E-state index contributed by atoms with van der Waals surface area (Å²) in [6.07, 6.45) is 0.759. The normalized spacial score (nSPS) is 10.9. The molecule has 0 aliphatic carbocycles. The van der Waals surface area contributed by atoms with Gasteiger partial charge in [-0.3, -0.25) is 0 Å². The van der Waals surface area contributed by atoms with E-state index < -0.39 is 0 Å². The highest BCUT2D eigenvalue weighted by atomic mass is 127. The van der Waals surface area contributed by atoms with Gasteiger partial charge >= 0.3 is 0 Å². The molecule has 16 heavy (non-hydrogen) atoms. The molecule has 0 fully saturated rings. The first-order valence-electron chi connectivity index (χ1n) is 4.98. The molecule has 0 aliphatic heterocycles. The third-order valence-corrected chi connectivity index (χ3v) is 2.60. The van der Waals surface area contributed by atoms with Crippen molar-refractivity contribution in [3.63, 3.8) is 0 Å². The van der Waals surface area contributed by atoms with Gasteiger partial charge in [-0.15, -0.1) is 0 Å². The molecule has 0 aromatic carbocycles. The minimum absolute atomic E-state index is 0.607. The molecule has 2 rings (SSSR count). The molecule has 2 aromatic rings. The number of aromatic nitrogens is 2. The van der Waals surface area contributed by atoms with E-state index in [1.807, 2.05) is 12.1 Å². The second-order valence-electron chi connectivity index (χ2n) is 3.36. The van der Waals surface area contributed by atoms with Crippen LogP contribution in [-0.2, 0) is 13.0 Å². The van der Waals surface area contributed by atoms with Gasteiger partial charge in [0, 0.05) is 19.9 Å². The molecule has 0 amide bonds. The van der Waals surface area contributed by atoms with Crippen molar-refractivity contribution in [1.29, 1.82) is 0 Å². The molecule has 0 bridgehead atoms. The predicted octanol–water partition coefficient (Wildman–Crippen LogP) is 1.91. The Morgan fingerprint density at radius 1 is 1.44 bits per heavy atom. The van der Waals surface area contributed by atoms with Crippen molar-refractivity contribution in [2.45, 2.75) is 19.9 Å². The van der Waals surface area contributed by atoms with Gasteiger partial charge in [0.25, 0.3) is 0 Å². The first-order valence-corrected chi connectivity index (χ1v) is 6.06. The molecular formula is C10H12IN3O2. The van der Waals surface area contributed by atoms with E-state index in [2.05, 4.69) is 38.0 Å². The maximum absolute atomic E-state index is 5.41. The zero-order valence-corrected chi connectivity index (χ0v) is 11.0.